The van der Waals surface area contributed by atoms with Crippen molar-refractivity contribution in [1.29, 1.82) is 0 Å². The highest BCUT2D eigenvalue weighted by Gasteiger charge is 2.13. The Morgan fingerprint density at radius 3 is 2.38 bits per heavy atom. The maximum Gasteiger partial charge on any atom is 0.173 e. The van der Waals surface area contributed by atoms with Crippen molar-refractivity contribution in [2.24, 2.45) is 0 Å². The molecule has 2 nitrogen and oxygen atoms in total. The number of benzene rings is 2. The van der Waals surface area contributed by atoms with Gasteiger partial charge in [0.25, 0.3) is 0 Å². The number of para-hydroxylation sites is 1. The summed E-state index contributed by atoms with van der Waals surface area (Å²) in [5, 5.41) is 1.04. The van der Waals surface area contributed by atoms with E-state index in [0.717, 1.165) is 22.3 Å². The Morgan fingerprint density at radius 2 is 1.71 bits per heavy atom. The molecule has 0 spiro atoms. The van der Waals surface area contributed by atoms with E-state index >= 15 is 0 Å². The van der Waals surface area contributed by atoms with Gasteiger partial charge in [0.2, 0.25) is 0 Å². The number of imidazole rings is 1. The van der Waals surface area contributed by atoms with Gasteiger partial charge in [0.05, 0.1) is 11.9 Å². The summed E-state index contributed by atoms with van der Waals surface area (Å²) in [4.78, 5) is 4.61. The Hall–Kier alpha value is -2.00. The highest BCUT2D eigenvalue weighted by Crippen LogP contribution is 2.29. The highest BCUT2D eigenvalue weighted by atomic mass is 32.2. The van der Waals surface area contributed by atoms with Crippen molar-refractivity contribution in [2.45, 2.75) is 19.0 Å². The fraction of sp³-hybridized carbons (Fsp3) is 0.167. The summed E-state index contributed by atoms with van der Waals surface area (Å²) in [6.07, 6.45) is 1.97. The molecule has 0 amide bonds. The van der Waals surface area contributed by atoms with Crippen LogP contribution in [-0.2, 0) is 0 Å². The molecule has 0 saturated heterocycles. The lowest BCUT2D eigenvalue weighted by atomic mass is 10.1. The lowest BCUT2D eigenvalue weighted by Gasteiger charge is -2.11. The van der Waals surface area contributed by atoms with Crippen LogP contribution in [0.2, 0.25) is 0 Å². The van der Waals surface area contributed by atoms with E-state index in [4.69, 9.17) is 0 Å². The number of hydrogen-bond donors (Lipinski definition) is 0. The summed E-state index contributed by atoms with van der Waals surface area (Å²) in [5.74, 6) is 1.01. The SMILES string of the molecule is CCSc1ncc(-c2ccc(C)cc2)n1-c1ccccc1. The largest absolute Gasteiger partial charge is 0.287 e. The number of aromatic nitrogens is 2. The van der Waals surface area contributed by atoms with Crippen molar-refractivity contribution in [2.75, 3.05) is 5.75 Å². The van der Waals surface area contributed by atoms with Crippen molar-refractivity contribution in [3.63, 3.8) is 0 Å². The van der Waals surface area contributed by atoms with Crippen molar-refractivity contribution >= 4 is 11.8 Å². The standard InChI is InChI=1S/C18H18N2S/c1-3-21-18-19-13-17(15-11-9-14(2)10-12-15)20(18)16-7-5-4-6-8-16/h4-13H,3H2,1-2H3. The second kappa shape index (κ2) is 6.19. The van der Waals surface area contributed by atoms with Gasteiger partial charge in [0.1, 0.15) is 0 Å². The maximum atomic E-state index is 4.61. The van der Waals surface area contributed by atoms with Crippen molar-refractivity contribution in [1.82, 2.24) is 9.55 Å². The van der Waals surface area contributed by atoms with Crippen LogP contribution in [0.4, 0.5) is 0 Å². The molecule has 0 unspecified atom stereocenters. The lowest BCUT2D eigenvalue weighted by Crippen LogP contribution is -1.98. The number of nitrogens with zero attached hydrogens (tertiary/aromatic N) is 2. The molecule has 106 valence electrons. The molecule has 21 heavy (non-hydrogen) atoms. The van der Waals surface area contributed by atoms with E-state index in [9.17, 15) is 0 Å². The van der Waals surface area contributed by atoms with Crippen LogP contribution < -0.4 is 0 Å². The first-order valence-corrected chi connectivity index (χ1v) is 8.11. The summed E-state index contributed by atoms with van der Waals surface area (Å²) in [7, 11) is 0. The number of rotatable bonds is 4. The predicted octanol–water partition coefficient (Wildman–Crippen LogP) is 4.96. The van der Waals surface area contributed by atoms with Gasteiger partial charge >= 0.3 is 0 Å². The van der Waals surface area contributed by atoms with Crippen LogP contribution in [0.3, 0.4) is 0 Å². The summed E-state index contributed by atoms with van der Waals surface area (Å²) < 4.78 is 2.23. The normalized spacial score (nSPS) is 10.8. The maximum absolute atomic E-state index is 4.61. The van der Waals surface area contributed by atoms with Gasteiger partial charge in [0.15, 0.2) is 5.16 Å². The molecule has 0 aliphatic carbocycles. The Morgan fingerprint density at radius 1 is 1.00 bits per heavy atom. The third kappa shape index (κ3) is 2.88. The lowest BCUT2D eigenvalue weighted by molar-refractivity contribution is 0.901. The van der Waals surface area contributed by atoms with Gasteiger partial charge in [-0.2, -0.15) is 0 Å². The fourth-order valence-corrected chi connectivity index (χ4v) is 3.04. The molecular weight excluding hydrogens is 276 g/mol. The van der Waals surface area contributed by atoms with Crippen LogP contribution in [0.25, 0.3) is 16.9 Å². The number of thioether (sulfide) groups is 1. The average molecular weight is 294 g/mol. The van der Waals surface area contributed by atoms with Crippen LogP contribution in [-0.4, -0.2) is 15.3 Å². The molecule has 3 rings (SSSR count). The Bertz CT molecular complexity index is 715. The smallest absolute Gasteiger partial charge is 0.173 e. The zero-order chi connectivity index (χ0) is 14.7. The molecule has 0 aliphatic rings. The van der Waals surface area contributed by atoms with E-state index in [1.54, 1.807) is 11.8 Å². The highest BCUT2D eigenvalue weighted by molar-refractivity contribution is 7.99. The third-order valence-corrected chi connectivity index (χ3v) is 4.20. The molecule has 0 atom stereocenters. The first-order valence-electron chi connectivity index (χ1n) is 7.12. The molecule has 0 fully saturated rings. The van der Waals surface area contributed by atoms with Crippen LogP contribution in [0.15, 0.2) is 66.0 Å². The van der Waals surface area contributed by atoms with E-state index < -0.39 is 0 Å². The average Bonchev–Trinajstić information content (AvgIpc) is 2.93. The topological polar surface area (TPSA) is 17.8 Å². The van der Waals surface area contributed by atoms with Crippen molar-refractivity contribution in [3.05, 3.63) is 66.4 Å². The molecule has 0 aliphatic heterocycles. The molecule has 0 N–H and O–H groups in total. The predicted molar refractivity (Wildman–Crippen MR) is 90.1 cm³/mol. The molecular formula is C18H18N2S. The summed E-state index contributed by atoms with van der Waals surface area (Å²) in [6, 6.07) is 19.0. The molecule has 3 aromatic rings. The van der Waals surface area contributed by atoms with Crippen LogP contribution in [0.1, 0.15) is 12.5 Å². The van der Waals surface area contributed by atoms with E-state index in [-0.39, 0.29) is 0 Å². The first-order chi connectivity index (χ1) is 10.3. The monoisotopic (exact) mass is 294 g/mol. The minimum Gasteiger partial charge on any atom is -0.287 e. The Labute approximate surface area is 129 Å². The Balaban J connectivity index is 2.15. The molecule has 2 aromatic carbocycles. The van der Waals surface area contributed by atoms with Gasteiger partial charge in [0, 0.05) is 11.3 Å². The molecule has 1 aromatic heterocycles. The van der Waals surface area contributed by atoms with E-state index in [1.807, 2.05) is 12.3 Å². The fourth-order valence-electron chi connectivity index (χ4n) is 2.32. The van der Waals surface area contributed by atoms with E-state index in [2.05, 4.69) is 71.9 Å². The van der Waals surface area contributed by atoms with Gasteiger partial charge in [-0.25, -0.2) is 4.98 Å². The molecule has 3 heteroatoms. The first kappa shape index (κ1) is 14.0. The van der Waals surface area contributed by atoms with Crippen molar-refractivity contribution < 1.29 is 0 Å². The summed E-state index contributed by atoms with van der Waals surface area (Å²) >= 11 is 1.77. The van der Waals surface area contributed by atoms with E-state index in [1.165, 1.54) is 11.1 Å². The zero-order valence-corrected chi connectivity index (χ0v) is 13.1. The number of aryl methyl sites for hydroxylation is 1. The minimum absolute atomic E-state index is 1.01. The van der Waals surface area contributed by atoms with Gasteiger partial charge in [-0.3, -0.25) is 4.57 Å². The second-order valence-electron chi connectivity index (χ2n) is 4.90. The van der Waals surface area contributed by atoms with Gasteiger partial charge in [-0.15, -0.1) is 0 Å². The zero-order valence-electron chi connectivity index (χ0n) is 12.3. The third-order valence-electron chi connectivity index (χ3n) is 3.36. The quantitative estimate of drug-likeness (QED) is 0.633. The van der Waals surface area contributed by atoms with Crippen molar-refractivity contribution in [3.8, 4) is 16.9 Å². The molecule has 0 saturated carbocycles. The molecule has 0 bridgehead atoms. The number of hydrogen-bond acceptors (Lipinski definition) is 2. The van der Waals surface area contributed by atoms with Crippen LogP contribution >= 0.6 is 11.8 Å². The molecule has 0 radical (unpaired) electrons. The minimum atomic E-state index is 1.01. The van der Waals surface area contributed by atoms with E-state index in [0.29, 0.717) is 0 Å². The second-order valence-corrected chi connectivity index (χ2v) is 6.13. The van der Waals surface area contributed by atoms with Gasteiger partial charge in [-0.1, -0.05) is 66.7 Å². The van der Waals surface area contributed by atoms with Gasteiger partial charge in [-0.05, 0) is 24.8 Å². The van der Waals surface area contributed by atoms with Crippen LogP contribution in [0.5, 0.6) is 0 Å². The van der Waals surface area contributed by atoms with Gasteiger partial charge < -0.3 is 0 Å². The Kier molecular flexibility index (Phi) is 4.11. The summed E-state index contributed by atoms with van der Waals surface area (Å²) in [6.45, 7) is 4.26. The summed E-state index contributed by atoms with van der Waals surface area (Å²) in [5.41, 5.74) is 4.76. The molecule has 1 heterocycles. The van der Waals surface area contributed by atoms with Crippen LogP contribution in [0, 0.1) is 6.92 Å².